The molecule has 0 saturated carbocycles. The lowest BCUT2D eigenvalue weighted by Crippen LogP contribution is -2.27. The van der Waals surface area contributed by atoms with E-state index in [4.69, 9.17) is 4.74 Å². The van der Waals surface area contributed by atoms with E-state index >= 15 is 0 Å². The second-order valence-corrected chi connectivity index (χ2v) is 9.04. The molecule has 2 aromatic carbocycles. The Labute approximate surface area is 191 Å². The van der Waals surface area contributed by atoms with Crippen LogP contribution in [0.3, 0.4) is 0 Å². The zero-order chi connectivity index (χ0) is 23.4. The summed E-state index contributed by atoms with van der Waals surface area (Å²) < 4.78 is 35.1. The number of aryl methyl sites for hydroxylation is 1. The van der Waals surface area contributed by atoms with Gasteiger partial charge in [0.2, 0.25) is 0 Å². The number of amides is 1. The van der Waals surface area contributed by atoms with Crippen LogP contribution in [0, 0.1) is 6.92 Å². The molecule has 4 rings (SSSR count). The SMILES string of the molecule is COc1ccc(NS(=O)(=O)c2ccc(C)c(C(=O)NCCc3nnc4ccccn34)c2)cc1. The molecule has 2 aromatic heterocycles. The number of fused-ring (bicyclic) bond motifs is 1. The van der Waals surface area contributed by atoms with Gasteiger partial charge in [0.05, 0.1) is 12.0 Å². The second kappa shape index (κ2) is 9.29. The predicted octanol–water partition coefficient (Wildman–Crippen LogP) is 2.82. The Morgan fingerprint density at radius 1 is 1.06 bits per heavy atom. The van der Waals surface area contributed by atoms with E-state index in [0.717, 1.165) is 11.5 Å². The maximum atomic E-state index is 12.8. The van der Waals surface area contributed by atoms with Gasteiger partial charge in [-0.1, -0.05) is 12.1 Å². The van der Waals surface area contributed by atoms with Gasteiger partial charge in [0.1, 0.15) is 11.6 Å². The first-order chi connectivity index (χ1) is 15.9. The molecule has 0 bridgehead atoms. The molecule has 0 unspecified atom stereocenters. The molecule has 2 heterocycles. The maximum Gasteiger partial charge on any atom is 0.261 e. The van der Waals surface area contributed by atoms with Crippen molar-refractivity contribution < 1.29 is 17.9 Å². The number of carbonyl (C=O) groups is 1. The summed E-state index contributed by atoms with van der Waals surface area (Å²) in [5.74, 6) is 0.983. The minimum atomic E-state index is -3.88. The Morgan fingerprint density at radius 3 is 2.61 bits per heavy atom. The number of nitrogens with zero attached hydrogens (tertiary/aromatic N) is 3. The summed E-state index contributed by atoms with van der Waals surface area (Å²) in [6.07, 6.45) is 2.34. The van der Waals surface area contributed by atoms with Crippen molar-refractivity contribution >= 4 is 27.3 Å². The predicted molar refractivity (Wildman–Crippen MR) is 124 cm³/mol. The van der Waals surface area contributed by atoms with Gasteiger partial charge in [-0.05, 0) is 61.0 Å². The van der Waals surface area contributed by atoms with E-state index in [9.17, 15) is 13.2 Å². The van der Waals surface area contributed by atoms with Crippen LogP contribution in [0.2, 0.25) is 0 Å². The van der Waals surface area contributed by atoms with E-state index in [1.807, 2.05) is 28.8 Å². The first-order valence-electron chi connectivity index (χ1n) is 10.2. The van der Waals surface area contributed by atoms with Gasteiger partial charge in [0.15, 0.2) is 5.65 Å². The minimum Gasteiger partial charge on any atom is -0.497 e. The average Bonchev–Trinajstić information content (AvgIpc) is 3.22. The topological polar surface area (TPSA) is 115 Å². The van der Waals surface area contributed by atoms with Crippen molar-refractivity contribution in [1.82, 2.24) is 19.9 Å². The van der Waals surface area contributed by atoms with Gasteiger partial charge >= 0.3 is 0 Å². The summed E-state index contributed by atoms with van der Waals surface area (Å²) in [5.41, 5.74) is 2.09. The van der Waals surface area contributed by atoms with Crippen LogP contribution in [0.25, 0.3) is 5.65 Å². The molecule has 1 amide bonds. The zero-order valence-corrected chi connectivity index (χ0v) is 19.0. The smallest absolute Gasteiger partial charge is 0.261 e. The molecular formula is C23H23N5O4S. The van der Waals surface area contributed by atoms with Crippen LogP contribution in [0.4, 0.5) is 5.69 Å². The van der Waals surface area contributed by atoms with E-state index in [0.29, 0.717) is 35.5 Å². The van der Waals surface area contributed by atoms with E-state index in [-0.39, 0.29) is 10.8 Å². The third-order valence-corrected chi connectivity index (χ3v) is 6.50. The van der Waals surface area contributed by atoms with Gasteiger partial charge in [-0.25, -0.2) is 8.42 Å². The van der Waals surface area contributed by atoms with Gasteiger partial charge in [0.25, 0.3) is 15.9 Å². The van der Waals surface area contributed by atoms with Crippen molar-refractivity contribution in [2.75, 3.05) is 18.4 Å². The van der Waals surface area contributed by atoms with Crippen molar-refractivity contribution in [2.24, 2.45) is 0 Å². The minimum absolute atomic E-state index is 0.00230. The van der Waals surface area contributed by atoms with Crippen LogP contribution in [-0.2, 0) is 16.4 Å². The third kappa shape index (κ3) is 4.96. The molecule has 4 aromatic rings. The van der Waals surface area contributed by atoms with Gasteiger partial charge in [-0.3, -0.25) is 13.9 Å². The van der Waals surface area contributed by atoms with Crippen molar-refractivity contribution in [1.29, 1.82) is 0 Å². The molecule has 9 nitrogen and oxygen atoms in total. The Hall–Kier alpha value is -3.92. The van der Waals surface area contributed by atoms with Crippen LogP contribution in [-0.4, -0.2) is 42.6 Å². The van der Waals surface area contributed by atoms with Crippen LogP contribution in [0.1, 0.15) is 21.7 Å². The molecule has 10 heteroatoms. The molecule has 33 heavy (non-hydrogen) atoms. The Kier molecular flexibility index (Phi) is 6.27. The van der Waals surface area contributed by atoms with Gasteiger partial charge in [-0.15, -0.1) is 10.2 Å². The van der Waals surface area contributed by atoms with Crippen LogP contribution in [0.5, 0.6) is 5.75 Å². The van der Waals surface area contributed by atoms with Crippen molar-refractivity contribution in [3.05, 3.63) is 83.8 Å². The first kappa shape index (κ1) is 22.3. The molecule has 0 aliphatic rings. The quantitative estimate of drug-likeness (QED) is 0.414. The molecule has 0 fully saturated rings. The van der Waals surface area contributed by atoms with E-state index in [1.165, 1.54) is 19.2 Å². The number of nitrogens with one attached hydrogen (secondary N) is 2. The number of carbonyl (C=O) groups excluding carboxylic acids is 1. The average molecular weight is 466 g/mol. The summed E-state index contributed by atoms with van der Waals surface area (Å²) in [5, 5.41) is 11.1. The number of hydrogen-bond donors (Lipinski definition) is 2. The van der Waals surface area contributed by atoms with E-state index < -0.39 is 10.0 Å². The highest BCUT2D eigenvalue weighted by Gasteiger charge is 2.18. The highest BCUT2D eigenvalue weighted by Crippen LogP contribution is 2.21. The summed E-state index contributed by atoms with van der Waals surface area (Å²) in [6, 6.07) is 16.6. The van der Waals surface area contributed by atoms with Crippen molar-refractivity contribution in [3.63, 3.8) is 0 Å². The number of ether oxygens (including phenoxy) is 1. The number of pyridine rings is 1. The molecule has 0 radical (unpaired) electrons. The molecule has 0 aliphatic heterocycles. The number of aromatic nitrogens is 3. The van der Waals surface area contributed by atoms with Gasteiger partial charge in [0, 0.05) is 30.4 Å². The third-order valence-electron chi connectivity index (χ3n) is 5.12. The normalized spacial score (nSPS) is 11.3. The van der Waals surface area contributed by atoms with Gasteiger partial charge in [-0.2, -0.15) is 0 Å². The number of anilines is 1. The number of benzene rings is 2. The first-order valence-corrected chi connectivity index (χ1v) is 11.7. The number of sulfonamides is 1. The lowest BCUT2D eigenvalue weighted by Gasteiger charge is -2.12. The maximum absolute atomic E-state index is 12.8. The zero-order valence-electron chi connectivity index (χ0n) is 18.1. The summed E-state index contributed by atoms with van der Waals surface area (Å²) in [6.45, 7) is 2.09. The summed E-state index contributed by atoms with van der Waals surface area (Å²) in [4.78, 5) is 12.8. The fourth-order valence-electron chi connectivity index (χ4n) is 3.33. The molecule has 0 atom stereocenters. The summed E-state index contributed by atoms with van der Waals surface area (Å²) in [7, 11) is -2.34. The fraction of sp³-hybridized carbons (Fsp3) is 0.174. The molecule has 0 spiro atoms. The highest BCUT2D eigenvalue weighted by molar-refractivity contribution is 7.92. The van der Waals surface area contributed by atoms with E-state index in [2.05, 4.69) is 20.2 Å². The second-order valence-electron chi connectivity index (χ2n) is 7.36. The lowest BCUT2D eigenvalue weighted by atomic mass is 10.1. The Balaban J connectivity index is 1.45. The fourth-order valence-corrected chi connectivity index (χ4v) is 4.41. The lowest BCUT2D eigenvalue weighted by molar-refractivity contribution is 0.0953. The number of hydrogen-bond acceptors (Lipinski definition) is 6. The number of methoxy groups -OCH3 is 1. The van der Waals surface area contributed by atoms with Crippen molar-refractivity contribution in [3.8, 4) is 5.75 Å². The standard InChI is InChI=1S/C23H23N5O4S/c1-16-6-11-19(33(30,31)27-17-7-9-18(32-2)10-8-17)15-20(16)23(29)24-13-12-22-26-25-21-5-3-4-14-28(21)22/h3-11,14-15,27H,12-13H2,1-2H3,(H,24,29). The molecule has 170 valence electrons. The van der Waals surface area contributed by atoms with Crippen LogP contribution in [0.15, 0.2) is 71.8 Å². The Bertz CT molecular complexity index is 1400. The molecule has 0 aliphatic carbocycles. The number of rotatable bonds is 8. The highest BCUT2D eigenvalue weighted by atomic mass is 32.2. The van der Waals surface area contributed by atoms with Crippen LogP contribution < -0.4 is 14.8 Å². The molecule has 0 saturated heterocycles. The van der Waals surface area contributed by atoms with Gasteiger partial charge < -0.3 is 10.1 Å². The van der Waals surface area contributed by atoms with E-state index in [1.54, 1.807) is 37.3 Å². The molecular weight excluding hydrogens is 442 g/mol. The Morgan fingerprint density at radius 2 is 1.85 bits per heavy atom. The largest absolute Gasteiger partial charge is 0.497 e. The van der Waals surface area contributed by atoms with Crippen LogP contribution >= 0.6 is 0 Å². The summed E-state index contributed by atoms with van der Waals surface area (Å²) >= 11 is 0. The molecule has 2 N–H and O–H groups in total. The van der Waals surface area contributed by atoms with Crippen molar-refractivity contribution in [2.45, 2.75) is 18.2 Å². The monoisotopic (exact) mass is 465 g/mol.